The quantitative estimate of drug-likeness (QED) is 0.210. The maximum absolute atomic E-state index is 9.47. The van der Waals surface area contributed by atoms with Gasteiger partial charge >= 0.3 is 0 Å². The van der Waals surface area contributed by atoms with Crippen molar-refractivity contribution in [2.45, 2.75) is 0 Å². The van der Waals surface area contributed by atoms with Crippen LogP contribution < -0.4 is 5.32 Å². The van der Waals surface area contributed by atoms with E-state index in [0.29, 0.717) is 17.7 Å². The molecule has 1 N–H and O–H groups in total. The largest absolute Gasteiger partial charge is 0.456 e. The second-order valence-corrected chi connectivity index (χ2v) is 12.3. The lowest BCUT2D eigenvalue weighted by Gasteiger charge is -2.15. The van der Waals surface area contributed by atoms with Gasteiger partial charge in [0.25, 0.3) is 0 Å². The van der Waals surface area contributed by atoms with Gasteiger partial charge in [-0.15, -0.1) is 0 Å². The number of benzene rings is 6. The molecule has 0 amide bonds. The van der Waals surface area contributed by atoms with Crippen molar-refractivity contribution >= 4 is 49.1 Å². The lowest BCUT2D eigenvalue weighted by atomic mass is 9.90. The Morgan fingerprint density at radius 3 is 1.80 bits per heavy atom. The molecule has 2 aromatic heterocycles. The van der Waals surface area contributed by atoms with Crippen LogP contribution in [0.3, 0.4) is 0 Å². The zero-order chi connectivity index (χ0) is 32.9. The molecule has 49 heavy (non-hydrogen) atoms. The number of nitriles is 2. The molecule has 0 spiro atoms. The van der Waals surface area contributed by atoms with Crippen molar-refractivity contribution in [2.24, 2.45) is 0 Å². The second kappa shape index (κ2) is 11.4. The molecule has 0 atom stereocenters. The van der Waals surface area contributed by atoms with E-state index in [2.05, 4.69) is 120 Å². The van der Waals surface area contributed by atoms with Gasteiger partial charge in [-0.05, 0) is 96.9 Å². The standard InChI is InChI=1S/C44H26N4O/c45-21-27-15-33(25-47-23-27)29-7-5-9-31(17-29)39-19-41-43(37-13-3-1-11-35(37)39)44-38-14-4-2-12-36(38)40(20-42(44)49-41)32-10-6-8-30(18-32)34-16-28(22-46)24-48-26-34/h1-20,23-25,48H,26H2. The number of pyridine rings is 1. The zero-order valence-electron chi connectivity index (χ0n) is 26.2. The van der Waals surface area contributed by atoms with Gasteiger partial charge < -0.3 is 9.73 Å². The summed E-state index contributed by atoms with van der Waals surface area (Å²) in [5.74, 6) is 0. The average Bonchev–Trinajstić information content (AvgIpc) is 3.56. The van der Waals surface area contributed by atoms with Crippen molar-refractivity contribution in [2.75, 3.05) is 6.54 Å². The van der Waals surface area contributed by atoms with E-state index in [0.717, 1.165) is 88.0 Å². The minimum Gasteiger partial charge on any atom is -0.456 e. The number of allylic oxidation sites excluding steroid dienone is 2. The fourth-order valence-electron chi connectivity index (χ4n) is 7.19. The SMILES string of the molecule is N#CC1=CNCC(c2cccc(-c3cc4oc5cc(-c6cccc(-c7cncc(C#N)c7)c6)c6ccccc6c5c4c4ccccc34)c2)=C1. The monoisotopic (exact) mass is 626 g/mol. The molecule has 5 heteroatoms. The van der Waals surface area contributed by atoms with Crippen LogP contribution in [0.2, 0.25) is 0 Å². The molecular formula is C44H26N4O. The summed E-state index contributed by atoms with van der Waals surface area (Å²) in [5, 5.41) is 28.9. The molecule has 1 aliphatic rings. The number of rotatable bonds is 4. The van der Waals surface area contributed by atoms with Gasteiger partial charge in [-0.1, -0.05) is 84.9 Å². The topological polar surface area (TPSA) is 85.6 Å². The summed E-state index contributed by atoms with van der Waals surface area (Å²) in [5.41, 5.74) is 11.2. The number of aromatic nitrogens is 1. The minimum atomic E-state index is 0.531. The molecule has 0 bridgehead atoms. The highest BCUT2D eigenvalue weighted by molar-refractivity contribution is 6.29. The first-order valence-electron chi connectivity index (χ1n) is 16.1. The van der Waals surface area contributed by atoms with Crippen molar-refractivity contribution in [3.05, 3.63) is 157 Å². The molecule has 9 rings (SSSR count). The Morgan fingerprint density at radius 2 is 1.16 bits per heavy atom. The predicted molar refractivity (Wildman–Crippen MR) is 197 cm³/mol. The van der Waals surface area contributed by atoms with Crippen LogP contribution in [0.15, 0.2) is 150 Å². The van der Waals surface area contributed by atoms with Gasteiger partial charge in [0, 0.05) is 41.5 Å². The Balaban J connectivity index is 1.26. The predicted octanol–water partition coefficient (Wildman–Crippen LogP) is 10.6. The molecule has 0 saturated carbocycles. The Labute approximate surface area is 282 Å². The van der Waals surface area contributed by atoms with E-state index in [1.807, 2.05) is 24.3 Å². The zero-order valence-corrected chi connectivity index (χ0v) is 26.2. The van der Waals surface area contributed by atoms with Gasteiger partial charge in [0.1, 0.15) is 23.3 Å². The van der Waals surface area contributed by atoms with Gasteiger partial charge in [-0.3, -0.25) is 4.98 Å². The Morgan fingerprint density at radius 1 is 0.571 bits per heavy atom. The fraction of sp³-hybridized carbons (Fsp3) is 0.0227. The molecule has 0 unspecified atom stereocenters. The number of fused-ring (bicyclic) bond motifs is 7. The summed E-state index contributed by atoms with van der Waals surface area (Å²) in [7, 11) is 0. The molecule has 8 aromatic rings. The average molecular weight is 627 g/mol. The van der Waals surface area contributed by atoms with Gasteiger partial charge in [-0.25, -0.2) is 0 Å². The van der Waals surface area contributed by atoms with E-state index in [9.17, 15) is 10.5 Å². The van der Waals surface area contributed by atoms with Gasteiger partial charge in [-0.2, -0.15) is 10.5 Å². The van der Waals surface area contributed by atoms with Crippen LogP contribution in [0, 0.1) is 22.7 Å². The van der Waals surface area contributed by atoms with Crippen LogP contribution in [0.4, 0.5) is 0 Å². The normalized spacial score (nSPS) is 12.8. The number of hydrogen-bond donors (Lipinski definition) is 1. The lowest BCUT2D eigenvalue weighted by Crippen LogP contribution is -2.13. The smallest absolute Gasteiger partial charge is 0.136 e. The van der Waals surface area contributed by atoms with E-state index in [1.165, 1.54) is 0 Å². The number of furan rings is 1. The fourth-order valence-corrected chi connectivity index (χ4v) is 7.19. The highest BCUT2D eigenvalue weighted by Gasteiger charge is 2.20. The third-order valence-electron chi connectivity index (χ3n) is 9.41. The summed E-state index contributed by atoms with van der Waals surface area (Å²) in [6, 6.07) is 44.6. The van der Waals surface area contributed by atoms with Crippen molar-refractivity contribution in [1.82, 2.24) is 10.3 Å². The summed E-state index contributed by atoms with van der Waals surface area (Å²) in [6.07, 6.45) is 7.09. The van der Waals surface area contributed by atoms with Crippen molar-refractivity contribution < 1.29 is 4.42 Å². The first-order valence-corrected chi connectivity index (χ1v) is 16.1. The maximum atomic E-state index is 9.47. The van der Waals surface area contributed by atoms with Crippen LogP contribution in [0.1, 0.15) is 11.1 Å². The molecule has 0 radical (unpaired) electrons. The first kappa shape index (κ1) is 28.3. The molecular weight excluding hydrogens is 601 g/mol. The highest BCUT2D eigenvalue weighted by atomic mass is 16.3. The van der Waals surface area contributed by atoms with E-state index in [4.69, 9.17) is 4.42 Å². The van der Waals surface area contributed by atoms with Gasteiger partial charge in [0.05, 0.1) is 11.1 Å². The summed E-state index contributed by atoms with van der Waals surface area (Å²) in [6.45, 7) is 0.666. The molecule has 0 aliphatic carbocycles. The van der Waals surface area contributed by atoms with Gasteiger partial charge in [0.2, 0.25) is 0 Å². The number of nitrogens with one attached hydrogen (secondary N) is 1. The number of dihydropyridines is 1. The minimum absolute atomic E-state index is 0.531. The van der Waals surface area contributed by atoms with E-state index in [1.54, 1.807) is 18.6 Å². The van der Waals surface area contributed by atoms with Crippen LogP contribution in [0.25, 0.3) is 82.4 Å². The number of nitrogens with zero attached hydrogens (tertiary/aromatic N) is 3. The molecule has 6 aromatic carbocycles. The molecule has 0 fully saturated rings. The van der Waals surface area contributed by atoms with Crippen LogP contribution in [0.5, 0.6) is 0 Å². The van der Waals surface area contributed by atoms with E-state index in [-0.39, 0.29) is 0 Å². The summed E-state index contributed by atoms with van der Waals surface area (Å²) < 4.78 is 6.80. The van der Waals surface area contributed by atoms with E-state index >= 15 is 0 Å². The second-order valence-electron chi connectivity index (χ2n) is 12.3. The third-order valence-corrected chi connectivity index (χ3v) is 9.41. The van der Waals surface area contributed by atoms with Crippen LogP contribution >= 0.6 is 0 Å². The van der Waals surface area contributed by atoms with Crippen molar-refractivity contribution in [3.8, 4) is 45.5 Å². The highest BCUT2D eigenvalue weighted by Crippen LogP contribution is 2.45. The molecule has 3 heterocycles. The third kappa shape index (κ3) is 4.73. The summed E-state index contributed by atoms with van der Waals surface area (Å²) >= 11 is 0. The lowest BCUT2D eigenvalue weighted by molar-refractivity contribution is 0.670. The van der Waals surface area contributed by atoms with Crippen molar-refractivity contribution in [1.29, 1.82) is 10.5 Å². The number of hydrogen-bond acceptors (Lipinski definition) is 5. The molecule has 5 nitrogen and oxygen atoms in total. The Bertz CT molecular complexity index is 2810. The summed E-state index contributed by atoms with van der Waals surface area (Å²) in [4.78, 5) is 4.28. The van der Waals surface area contributed by atoms with Crippen LogP contribution in [-0.2, 0) is 0 Å². The van der Waals surface area contributed by atoms with Crippen molar-refractivity contribution in [3.63, 3.8) is 0 Å². The van der Waals surface area contributed by atoms with Gasteiger partial charge in [0.15, 0.2) is 0 Å². The van der Waals surface area contributed by atoms with E-state index < -0.39 is 0 Å². The maximum Gasteiger partial charge on any atom is 0.136 e. The molecule has 0 saturated heterocycles. The van der Waals surface area contributed by atoms with Crippen LogP contribution in [-0.4, -0.2) is 11.5 Å². The molecule has 228 valence electrons. The Kier molecular flexibility index (Phi) is 6.57. The first-order chi connectivity index (χ1) is 24.2. The Hall–Kier alpha value is -6.95. The molecule has 1 aliphatic heterocycles.